The molecule has 8 heteroatoms. The van der Waals surface area contributed by atoms with Crippen molar-refractivity contribution in [3.63, 3.8) is 0 Å². The van der Waals surface area contributed by atoms with Crippen molar-refractivity contribution in [2.24, 2.45) is 11.1 Å². The van der Waals surface area contributed by atoms with E-state index in [4.69, 9.17) is 15.1 Å². The van der Waals surface area contributed by atoms with Gasteiger partial charge >= 0.3 is 11.9 Å². The number of nitrogens with two attached hydrogens (primary N) is 1. The first-order valence-corrected chi connectivity index (χ1v) is 7.19. The van der Waals surface area contributed by atoms with Crippen LogP contribution in [0.3, 0.4) is 0 Å². The van der Waals surface area contributed by atoms with E-state index in [9.17, 15) is 9.59 Å². The topological polar surface area (TPSA) is 131 Å². The number of fused-ring (bicyclic) bond motifs is 3. The van der Waals surface area contributed by atoms with Crippen molar-refractivity contribution < 1.29 is 29.5 Å². The molecule has 0 spiro atoms. The molecule has 4 N–H and O–H groups in total. The lowest BCUT2D eigenvalue weighted by Gasteiger charge is -2.00. The van der Waals surface area contributed by atoms with E-state index in [-0.39, 0.29) is 0 Å². The summed E-state index contributed by atoms with van der Waals surface area (Å²) in [7, 11) is 0. The predicted octanol–water partition coefficient (Wildman–Crippen LogP) is 1.48. The number of hydrogen-bond donors (Lipinski definition) is 3. The second-order valence-corrected chi connectivity index (χ2v) is 4.90. The molecule has 25 heavy (non-hydrogen) atoms. The van der Waals surface area contributed by atoms with Crippen LogP contribution in [0, 0.1) is 0 Å². The van der Waals surface area contributed by atoms with E-state index < -0.39 is 25.2 Å². The van der Waals surface area contributed by atoms with E-state index in [1.165, 1.54) is 0 Å². The standard InChI is InChI=1S/C15H11NO3.C2H5NO3/c17-14(18)9-19-16-15-12-7-3-1-5-10(12)11-6-2-4-8-13(11)15;3-6-1-2(4)5/h1-8H,9H2,(H,17,18);1,3H2,(H,4,5). The average molecular weight is 344 g/mol. The molecule has 1 aliphatic carbocycles. The Morgan fingerprint density at radius 1 is 0.840 bits per heavy atom. The zero-order chi connectivity index (χ0) is 18.2. The largest absolute Gasteiger partial charge is 0.479 e. The summed E-state index contributed by atoms with van der Waals surface area (Å²) >= 11 is 0. The molecule has 130 valence electrons. The minimum absolute atomic E-state index is 0.431. The fourth-order valence-electron chi connectivity index (χ4n) is 2.32. The molecule has 2 aromatic carbocycles. The molecule has 0 aliphatic heterocycles. The zero-order valence-corrected chi connectivity index (χ0v) is 13.1. The van der Waals surface area contributed by atoms with Crippen LogP contribution in [0.2, 0.25) is 0 Å². The van der Waals surface area contributed by atoms with Gasteiger partial charge in [-0.1, -0.05) is 53.7 Å². The van der Waals surface area contributed by atoms with E-state index in [1.807, 2.05) is 48.5 Å². The van der Waals surface area contributed by atoms with Crippen LogP contribution in [-0.2, 0) is 19.3 Å². The Balaban J connectivity index is 0.000000326. The SMILES string of the molecule is NOCC(=O)O.O=C(O)CON=C1c2ccccc2-c2ccccc21. The summed E-state index contributed by atoms with van der Waals surface area (Å²) in [6.45, 7) is -0.867. The molecule has 8 nitrogen and oxygen atoms in total. The minimum Gasteiger partial charge on any atom is -0.479 e. The molecular weight excluding hydrogens is 328 g/mol. The number of aliphatic carboxylic acids is 2. The highest BCUT2D eigenvalue weighted by atomic mass is 16.6. The highest BCUT2D eigenvalue weighted by Crippen LogP contribution is 2.36. The first kappa shape index (κ1) is 18.1. The number of hydrogen-bond acceptors (Lipinski definition) is 6. The van der Waals surface area contributed by atoms with Crippen molar-refractivity contribution in [2.45, 2.75) is 0 Å². The van der Waals surface area contributed by atoms with Gasteiger partial charge in [0.1, 0.15) is 5.71 Å². The molecular formula is C17H16N2O6. The Bertz CT molecular complexity index is 756. The van der Waals surface area contributed by atoms with Crippen LogP contribution in [-0.4, -0.2) is 41.1 Å². The molecule has 0 bridgehead atoms. The van der Waals surface area contributed by atoms with Crippen molar-refractivity contribution in [1.29, 1.82) is 0 Å². The summed E-state index contributed by atoms with van der Waals surface area (Å²) in [6.07, 6.45) is 0. The fourth-order valence-corrected chi connectivity index (χ4v) is 2.32. The van der Waals surface area contributed by atoms with Crippen molar-refractivity contribution in [1.82, 2.24) is 0 Å². The molecule has 3 rings (SSSR count). The van der Waals surface area contributed by atoms with E-state index in [2.05, 4.69) is 15.9 Å². The second-order valence-electron chi connectivity index (χ2n) is 4.90. The summed E-state index contributed by atoms with van der Waals surface area (Å²) in [4.78, 5) is 28.4. The van der Waals surface area contributed by atoms with Crippen molar-refractivity contribution in [2.75, 3.05) is 13.2 Å². The number of nitrogens with zero attached hydrogens (tertiary/aromatic N) is 1. The molecule has 0 amide bonds. The summed E-state index contributed by atoms with van der Waals surface area (Å²) in [5, 5.41) is 20.3. The molecule has 0 fully saturated rings. The van der Waals surface area contributed by atoms with Gasteiger partial charge in [0.15, 0.2) is 6.61 Å². The maximum atomic E-state index is 10.5. The number of carboxylic acid groups (broad SMARTS) is 2. The van der Waals surface area contributed by atoms with Crippen LogP contribution >= 0.6 is 0 Å². The third-order valence-corrected chi connectivity index (χ3v) is 3.21. The third kappa shape index (κ3) is 4.63. The van der Waals surface area contributed by atoms with Gasteiger partial charge in [-0.05, 0) is 11.1 Å². The molecule has 0 unspecified atom stereocenters. The average Bonchev–Trinajstić information content (AvgIpc) is 2.90. The Hall–Kier alpha value is -3.23. The van der Waals surface area contributed by atoms with Gasteiger partial charge in [-0.3, -0.25) is 4.84 Å². The zero-order valence-electron chi connectivity index (χ0n) is 13.1. The maximum Gasteiger partial charge on any atom is 0.344 e. The first-order valence-electron chi connectivity index (χ1n) is 7.19. The lowest BCUT2D eigenvalue weighted by molar-refractivity contribution is -0.143. The van der Waals surface area contributed by atoms with Crippen LogP contribution in [0.1, 0.15) is 11.1 Å². The van der Waals surface area contributed by atoms with Crippen molar-refractivity contribution in [3.8, 4) is 11.1 Å². The lowest BCUT2D eigenvalue weighted by Crippen LogP contribution is -2.10. The van der Waals surface area contributed by atoms with Gasteiger partial charge in [-0.15, -0.1) is 0 Å². The lowest BCUT2D eigenvalue weighted by atomic mass is 10.1. The molecule has 0 atom stereocenters. The monoisotopic (exact) mass is 344 g/mol. The summed E-state index contributed by atoms with van der Waals surface area (Å²) in [5.41, 5.74) is 4.81. The van der Waals surface area contributed by atoms with Crippen LogP contribution in [0.15, 0.2) is 53.7 Å². The molecule has 0 saturated carbocycles. The molecule has 0 aromatic heterocycles. The van der Waals surface area contributed by atoms with Gasteiger partial charge in [-0.2, -0.15) is 0 Å². The Kier molecular flexibility index (Phi) is 6.21. The normalized spacial score (nSPS) is 10.8. The Morgan fingerprint density at radius 3 is 1.64 bits per heavy atom. The fraction of sp³-hybridized carbons (Fsp3) is 0.118. The summed E-state index contributed by atoms with van der Waals surface area (Å²) < 4.78 is 0. The van der Waals surface area contributed by atoms with Gasteiger partial charge in [0.25, 0.3) is 0 Å². The van der Waals surface area contributed by atoms with Crippen LogP contribution in [0.5, 0.6) is 0 Å². The van der Waals surface area contributed by atoms with Crippen molar-refractivity contribution >= 4 is 17.7 Å². The summed E-state index contributed by atoms with van der Waals surface area (Å²) in [5.74, 6) is 2.25. The van der Waals surface area contributed by atoms with Crippen LogP contribution < -0.4 is 5.90 Å². The molecule has 0 saturated heterocycles. The number of oxime groups is 1. The quantitative estimate of drug-likeness (QED) is 0.597. The molecule has 2 aromatic rings. The minimum atomic E-state index is -1.06. The van der Waals surface area contributed by atoms with Gasteiger partial charge in [0.2, 0.25) is 6.61 Å². The highest BCUT2D eigenvalue weighted by molar-refractivity contribution is 6.24. The smallest absolute Gasteiger partial charge is 0.344 e. The first-order chi connectivity index (χ1) is 12.0. The van der Waals surface area contributed by atoms with E-state index >= 15 is 0 Å². The third-order valence-electron chi connectivity index (χ3n) is 3.21. The Morgan fingerprint density at radius 2 is 1.28 bits per heavy atom. The molecule has 0 heterocycles. The highest BCUT2D eigenvalue weighted by Gasteiger charge is 2.24. The van der Waals surface area contributed by atoms with Gasteiger partial charge < -0.3 is 15.1 Å². The number of benzene rings is 2. The molecule has 0 radical (unpaired) electrons. The summed E-state index contributed by atoms with van der Waals surface area (Å²) in [6, 6.07) is 15.8. The number of rotatable bonds is 5. The van der Waals surface area contributed by atoms with Crippen LogP contribution in [0.4, 0.5) is 0 Å². The van der Waals surface area contributed by atoms with Gasteiger partial charge in [-0.25, -0.2) is 15.5 Å². The molecule has 1 aliphatic rings. The van der Waals surface area contributed by atoms with E-state index in [0.29, 0.717) is 5.71 Å². The van der Waals surface area contributed by atoms with Crippen molar-refractivity contribution in [3.05, 3.63) is 59.7 Å². The Labute approximate surface area is 143 Å². The van der Waals surface area contributed by atoms with Crippen LogP contribution in [0.25, 0.3) is 11.1 Å². The predicted molar refractivity (Wildman–Crippen MR) is 88.9 cm³/mol. The van der Waals surface area contributed by atoms with E-state index in [1.54, 1.807) is 0 Å². The number of carboxylic acids is 2. The van der Waals surface area contributed by atoms with E-state index in [0.717, 1.165) is 22.3 Å². The van der Waals surface area contributed by atoms with Gasteiger partial charge in [0, 0.05) is 11.1 Å². The second kappa shape index (κ2) is 8.57. The number of carbonyl (C=O) groups is 2. The maximum absolute atomic E-state index is 10.5. The van der Waals surface area contributed by atoms with Gasteiger partial charge in [0.05, 0.1) is 0 Å².